The summed E-state index contributed by atoms with van der Waals surface area (Å²) >= 11 is 0. The molecule has 4 rings (SSSR count). The summed E-state index contributed by atoms with van der Waals surface area (Å²) in [6.07, 6.45) is 3.63. The number of rotatable bonds is 10. The SMILES string of the molecule is C[C@H](NCC(=O)N[C@H](CO)c1ccccc1)C1CCC[C@H]1P(c1ccccc1)c1ccccc1. The van der Waals surface area contributed by atoms with Crippen molar-refractivity contribution in [2.75, 3.05) is 13.2 Å². The van der Waals surface area contributed by atoms with E-state index in [0.29, 0.717) is 11.6 Å². The van der Waals surface area contributed by atoms with Crippen LogP contribution in [0.2, 0.25) is 0 Å². The molecule has 34 heavy (non-hydrogen) atoms. The number of hydrogen-bond donors (Lipinski definition) is 3. The number of benzene rings is 3. The van der Waals surface area contributed by atoms with E-state index in [0.717, 1.165) is 5.56 Å². The lowest BCUT2D eigenvalue weighted by atomic mass is 9.99. The second kappa shape index (κ2) is 12.3. The smallest absolute Gasteiger partial charge is 0.234 e. The standard InChI is InChI=1S/C29H35N2O2P/c1-22(30-20-29(33)31-27(21-32)23-12-5-2-6-13-23)26-18-11-19-28(26)34(24-14-7-3-8-15-24)25-16-9-4-10-17-25/h2-10,12-17,22,26-28,30,32H,11,18-21H2,1H3,(H,31,33)/t22-,26?,27+,28+/m0/s1. The fourth-order valence-electron chi connectivity index (χ4n) is 5.15. The first-order chi connectivity index (χ1) is 16.7. The largest absolute Gasteiger partial charge is 0.394 e. The van der Waals surface area contributed by atoms with Crippen LogP contribution in [0.25, 0.3) is 0 Å². The van der Waals surface area contributed by atoms with Crippen molar-refractivity contribution in [1.29, 1.82) is 0 Å². The number of carbonyl (C=O) groups excluding carboxylic acids is 1. The van der Waals surface area contributed by atoms with Crippen LogP contribution in [0, 0.1) is 5.92 Å². The fraction of sp³-hybridized carbons (Fsp3) is 0.345. The molecule has 178 valence electrons. The highest BCUT2D eigenvalue weighted by Crippen LogP contribution is 2.50. The van der Waals surface area contributed by atoms with E-state index < -0.39 is 7.92 Å². The second-order valence-corrected chi connectivity index (χ2v) is 11.5. The van der Waals surface area contributed by atoms with Crippen LogP contribution in [-0.4, -0.2) is 35.9 Å². The monoisotopic (exact) mass is 474 g/mol. The van der Waals surface area contributed by atoms with Gasteiger partial charge in [-0.2, -0.15) is 0 Å². The average Bonchev–Trinajstić information content (AvgIpc) is 3.37. The van der Waals surface area contributed by atoms with Crippen molar-refractivity contribution in [2.45, 2.75) is 43.9 Å². The first-order valence-electron chi connectivity index (χ1n) is 12.2. The van der Waals surface area contributed by atoms with Crippen molar-refractivity contribution in [2.24, 2.45) is 5.92 Å². The van der Waals surface area contributed by atoms with E-state index >= 15 is 0 Å². The Morgan fingerprint density at radius 1 is 0.912 bits per heavy atom. The van der Waals surface area contributed by atoms with Gasteiger partial charge in [0.2, 0.25) is 5.91 Å². The lowest BCUT2D eigenvalue weighted by Gasteiger charge is -2.34. The Bertz CT molecular complexity index is 977. The first-order valence-corrected chi connectivity index (χ1v) is 13.7. The van der Waals surface area contributed by atoms with Gasteiger partial charge >= 0.3 is 0 Å². The molecule has 1 amide bonds. The topological polar surface area (TPSA) is 61.4 Å². The quantitative estimate of drug-likeness (QED) is 0.388. The number of nitrogens with one attached hydrogen (secondary N) is 2. The summed E-state index contributed by atoms with van der Waals surface area (Å²) in [6, 6.07) is 31.3. The fourth-order valence-corrected chi connectivity index (χ4v) is 8.43. The van der Waals surface area contributed by atoms with Gasteiger partial charge in [-0.1, -0.05) is 97.4 Å². The third kappa shape index (κ3) is 6.13. The Morgan fingerprint density at radius 2 is 1.47 bits per heavy atom. The number of hydrogen-bond acceptors (Lipinski definition) is 3. The molecule has 3 aromatic rings. The normalized spacial score (nSPS) is 19.6. The molecule has 3 N–H and O–H groups in total. The summed E-state index contributed by atoms with van der Waals surface area (Å²) in [4.78, 5) is 12.7. The molecule has 0 saturated heterocycles. The van der Waals surface area contributed by atoms with Crippen LogP contribution >= 0.6 is 7.92 Å². The highest BCUT2D eigenvalue weighted by Gasteiger charge is 2.38. The van der Waals surface area contributed by atoms with E-state index in [-0.39, 0.29) is 31.1 Å². The van der Waals surface area contributed by atoms with Gasteiger partial charge in [0.15, 0.2) is 0 Å². The Labute approximate surface area is 204 Å². The molecule has 4 nitrogen and oxygen atoms in total. The molecule has 5 heteroatoms. The minimum Gasteiger partial charge on any atom is -0.394 e. The van der Waals surface area contributed by atoms with Crippen LogP contribution in [0.15, 0.2) is 91.0 Å². The second-order valence-electron chi connectivity index (χ2n) is 9.09. The zero-order chi connectivity index (χ0) is 23.8. The molecule has 3 aromatic carbocycles. The van der Waals surface area contributed by atoms with E-state index in [9.17, 15) is 9.90 Å². The molecule has 4 atom stereocenters. The minimum atomic E-state index is -0.470. The van der Waals surface area contributed by atoms with Gasteiger partial charge in [-0.3, -0.25) is 4.79 Å². The molecule has 0 radical (unpaired) electrons. The summed E-state index contributed by atoms with van der Waals surface area (Å²) in [5.41, 5.74) is 1.50. The summed E-state index contributed by atoms with van der Waals surface area (Å²) in [5.74, 6) is 0.430. The number of aliphatic hydroxyl groups is 1. The van der Waals surface area contributed by atoms with Gasteiger partial charge in [0.1, 0.15) is 0 Å². The molecule has 0 heterocycles. The molecule has 1 unspecified atom stereocenters. The Kier molecular flexibility index (Phi) is 8.87. The lowest BCUT2D eigenvalue weighted by Crippen LogP contribution is -2.44. The summed E-state index contributed by atoms with van der Waals surface area (Å²) in [7, 11) is -0.470. The lowest BCUT2D eigenvalue weighted by molar-refractivity contribution is -0.121. The highest BCUT2D eigenvalue weighted by atomic mass is 31.1. The van der Waals surface area contributed by atoms with Gasteiger partial charge in [0.05, 0.1) is 19.2 Å². The van der Waals surface area contributed by atoms with Crippen molar-refractivity contribution in [3.05, 3.63) is 96.6 Å². The summed E-state index contributed by atoms with van der Waals surface area (Å²) in [5, 5.41) is 19.1. The third-order valence-electron chi connectivity index (χ3n) is 6.88. The molecule has 0 aliphatic heterocycles. The predicted octanol–water partition coefficient (Wildman–Crippen LogP) is 4.12. The zero-order valence-electron chi connectivity index (χ0n) is 19.8. The van der Waals surface area contributed by atoms with Crippen LogP contribution in [0.4, 0.5) is 0 Å². The van der Waals surface area contributed by atoms with Crippen LogP contribution < -0.4 is 21.2 Å². The summed E-state index contributed by atoms with van der Waals surface area (Å²) < 4.78 is 0. The van der Waals surface area contributed by atoms with Crippen LogP contribution in [-0.2, 0) is 4.79 Å². The molecular weight excluding hydrogens is 439 g/mol. The van der Waals surface area contributed by atoms with Gasteiger partial charge in [-0.15, -0.1) is 0 Å². The summed E-state index contributed by atoms with van der Waals surface area (Å²) in [6.45, 7) is 2.36. The van der Waals surface area contributed by atoms with Gasteiger partial charge in [0.25, 0.3) is 0 Å². The molecule has 1 fully saturated rings. The molecule has 0 aromatic heterocycles. The molecule has 1 aliphatic carbocycles. The predicted molar refractivity (Wildman–Crippen MR) is 142 cm³/mol. The molecular formula is C29H35N2O2P. The highest BCUT2D eigenvalue weighted by molar-refractivity contribution is 7.73. The first kappa shape index (κ1) is 24.6. The maximum Gasteiger partial charge on any atom is 0.234 e. The van der Waals surface area contributed by atoms with Crippen molar-refractivity contribution in [3.8, 4) is 0 Å². The van der Waals surface area contributed by atoms with Crippen LogP contribution in [0.3, 0.4) is 0 Å². The number of aliphatic hydroxyl groups excluding tert-OH is 1. The van der Waals surface area contributed by atoms with Gasteiger partial charge in [-0.05, 0) is 55.4 Å². The maximum atomic E-state index is 12.7. The molecule has 1 aliphatic rings. The molecule has 0 spiro atoms. The third-order valence-corrected chi connectivity index (χ3v) is 9.89. The van der Waals surface area contributed by atoms with E-state index in [1.54, 1.807) is 0 Å². The zero-order valence-corrected chi connectivity index (χ0v) is 20.7. The van der Waals surface area contributed by atoms with Gasteiger partial charge < -0.3 is 15.7 Å². The Morgan fingerprint density at radius 3 is 2.03 bits per heavy atom. The van der Waals surface area contributed by atoms with E-state index in [4.69, 9.17) is 0 Å². The number of amides is 1. The van der Waals surface area contributed by atoms with Crippen LogP contribution in [0.5, 0.6) is 0 Å². The van der Waals surface area contributed by atoms with Crippen LogP contribution in [0.1, 0.15) is 37.8 Å². The van der Waals surface area contributed by atoms with Crippen molar-refractivity contribution in [1.82, 2.24) is 10.6 Å². The van der Waals surface area contributed by atoms with Crippen molar-refractivity contribution in [3.63, 3.8) is 0 Å². The average molecular weight is 475 g/mol. The molecule has 0 bridgehead atoms. The number of carbonyl (C=O) groups is 1. The van der Waals surface area contributed by atoms with Crippen molar-refractivity contribution >= 4 is 24.4 Å². The Balaban J connectivity index is 1.42. The minimum absolute atomic E-state index is 0.0855. The Hall–Kier alpha value is -2.52. The van der Waals surface area contributed by atoms with Gasteiger partial charge in [0, 0.05) is 6.04 Å². The van der Waals surface area contributed by atoms with Gasteiger partial charge in [-0.25, -0.2) is 0 Å². The van der Waals surface area contributed by atoms with E-state index in [1.165, 1.54) is 29.9 Å². The maximum absolute atomic E-state index is 12.7. The van der Waals surface area contributed by atoms with Crippen molar-refractivity contribution < 1.29 is 9.90 Å². The van der Waals surface area contributed by atoms with E-state index in [1.807, 2.05) is 30.3 Å². The van der Waals surface area contributed by atoms with E-state index in [2.05, 4.69) is 78.2 Å². The molecule has 1 saturated carbocycles.